The number of nitrogens with two attached hydrogens (primary N) is 1. The first kappa shape index (κ1) is 11.7. The third-order valence-electron chi connectivity index (χ3n) is 4.18. The van der Waals surface area contributed by atoms with Gasteiger partial charge in [0, 0.05) is 11.3 Å². The molecule has 1 aliphatic heterocycles. The lowest BCUT2D eigenvalue weighted by atomic mass is 9.66. The van der Waals surface area contributed by atoms with Gasteiger partial charge in [0.15, 0.2) is 0 Å². The van der Waals surface area contributed by atoms with Crippen molar-refractivity contribution in [1.29, 1.82) is 0 Å². The number of aliphatic hydroxyl groups is 1. The minimum absolute atomic E-state index is 0.307. The van der Waals surface area contributed by atoms with Crippen molar-refractivity contribution in [3.05, 3.63) is 0 Å². The summed E-state index contributed by atoms with van der Waals surface area (Å²) in [5.74, 6) is 2.71. The van der Waals surface area contributed by atoms with E-state index in [-0.39, 0.29) is 5.54 Å². The second-order valence-electron chi connectivity index (χ2n) is 5.55. The van der Waals surface area contributed by atoms with Gasteiger partial charge in [0.05, 0.1) is 5.60 Å². The normalized spacial score (nSPS) is 47.8. The Morgan fingerprint density at radius 1 is 1.33 bits per heavy atom. The van der Waals surface area contributed by atoms with Gasteiger partial charge in [-0.25, -0.2) is 0 Å². The predicted octanol–water partition coefficient (Wildman–Crippen LogP) is 2.15. The zero-order chi connectivity index (χ0) is 10.9. The van der Waals surface area contributed by atoms with Crippen LogP contribution in [-0.2, 0) is 0 Å². The topological polar surface area (TPSA) is 46.2 Å². The molecule has 0 aromatic heterocycles. The highest BCUT2D eigenvalue weighted by Gasteiger charge is 2.49. The van der Waals surface area contributed by atoms with E-state index < -0.39 is 5.60 Å². The molecule has 2 nitrogen and oxygen atoms in total. The van der Waals surface area contributed by atoms with Crippen LogP contribution in [0.5, 0.6) is 0 Å². The van der Waals surface area contributed by atoms with Gasteiger partial charge in [-0.3, -0.25) is 0 Å². The minimum Gasteiger partial charge on any atom is -0.387 e. The second-order valence-corrected chi connectivity index (χ2v) is 6.65. The van der Waals surface area contributed by atoms with Gasteiger partial charge in [-0.05, 0) is 37.4 Å². The Kier molecular flexibility index (Phi) is 3.34. The second kappa shape index (κ2) is 4.27. The lowest BCUT2D eigenvalue weighted by molar-refractivity contribution is -0.0485. The van der Waals surface area contributed by atoms with Crippen molar-refractivity contribution in [2.24, 2.45) is 11.7 Å². The summed E-state index contributed by atoms with van der Waals surface area (Å²) in [6, 6.07) is 0. The molecule has 0 aromatic carbocycles. The fraction of sp³-hybridized carbons (Fsp3) is 1.00. The van der Waals surface area contributed by atoms with Crippen LogP contribution in [0.15, 0.2) is 0 Å². The van der Waals surface area contributed by atoms with Crippen LogP contribution >= 0.6 is 11.8 Å². The van der Waals surface area contributed by atoms with Gasteiger partial charge < -0.3 is 10.8 Å². The van der Waals surface area contributed by atoms with Gasteiger partial charge >= 0.3 is 0 Å². The summed E-state index contributed by atoms with van der Waals surface area (Å²) in [5, 5.41) is 10.7. The molecule has 1 saturated carbocycles. The van der Waals surface area contributed by atoms with Crippen LogP contribution in [-0.4, -0.2) is 27.8 Å². The van der Waals surface area contributed by atoms with Crippen LogP contribution in [0.25, 0.3) is 0 Å². The number of thioether (sulfide) groups is 1. The molecule has 88 valence electrons. The molecular weight excluding hydrogens is 206 g/mol. The molecule has 0 aromatic rings. The Labute approximate surface area is 97.0 Å². The highest BCUT2D eigenvalue weighted by Crippen LogP contribution is 2.43. The molecule has 2 rings (SSSR count). The molecule has 0 spiro atoms. The summed E-state index contributed by atoms with van der Waals surface area (Å²) < 4.78 is 0. The van der Waals surface area contributed by atoms with Crippen LogP contribution in [0.3, 0.4) is 0 Å². The highest BCUT2D eigenvalue weighted by molar-refractivity contribution is 7.99. The monoisotopic (exact) mass is 229 g/mol. The maximum Gasteiger partial charge on any atom is 0.0916 e. The summed E-state index contributed by atoms with van der Waals surface area (Å²) in [4.78, 5) is 0. The smallest absolute Gasteiger partial charge is 0.0916 e. The summed E-state index contributed by atoms with van der Waals surface area (Å²) in [6.07, 6.45) is 6.50. The Morgan fingerprint density at radius 3 is 2.73 bits per heavy atom. The summed E-state index contributed by atoms with van der Waals surface area (Å²) in [5.41, 5.74) is 5.60. The number of rotatable bonds is 1. The standard InChI is InChI=1S/C12H23NOS/c1-10-4-2-5-11(13,8-10)12(14)6-3-7-15-9-12/h10,14H,2-9,13H2,1H3. The van der Waals surface area contributed by atoms with Gasteiger partial charge in [0.2, 0.25) is 0 Å². The van der Waals surface area contributed by atoms with Crippen LogP contribution in [0.2, 0.25) is 0 Å². The first-order valence-corrected chi connectivity index (χ1v) is 7.30. The predicted molar refractivity (Wildman–Crippen MR) is 66.1 cm³/mol. The van der Waals surface area contributed by atoms with Gasteiger partial charge in [0.1, 0.15) is 0 Å². The largest absolute Gasteiger partial charge is 0.387 e. The maximum atomic E-state index is 10.7. The van der Waals surface area contributed by atoms with E-state index in [9.17, 15) is 5.11 Å². The van der Waals surface area contributed by atoms with E-state index in [0.717, 1.165) is 31.4 Å². The fourth-order valence-electron chi connectivity index (χ4n) is 3.19. The molecule has 0 amide bonds. The third-order valence-corrected chi connectivity index (χ3v) is 5.44. The number of hydrogen-bond donors (Lipinski definition) is 2. The molecule has 1 heterocycles. The summed E-state index contributed by atoms with van der Waals surface area (Å²) >= 11 is 1.87. The Hall–Kier alpha value is 0.270. The van der Waals surface area contributed by atoms with Crippen molar-refractivity contribution in [2.75, 3.05) is 11.5 Å². The molecule has 2 fully saturated rings. The molecule has 1 aliphatic carbocycles. The van der Waals surface area contributed by atoms with E-state index in [4.69, 9.17) is 5.73 Å². The van der Waals surface area contributed by atoms with E-state index in [0.29, 0.717) is 5.92 Å². The SMILES string of the molecule is CC1CCCC(N)(C2(O)CCCSC2)C1. The molecule has 3 atom stereocenters. The van der Waals surface area contributed by atoms with Crippen molar-refractivity contribution in [1.82, 2.24) is 0 Å². The first-order chi connectivity index (χ1) is 7.06. The fourth-order valence-corrected chi connectivity index (χ4v) is 4.45. The van der Waals surface area contributed by atoms with Crippen LogP contribution in [0.4, 0.5) is 0 Å². The molecule has 3 N–H and O–H groups in total. The van der Waals surface area contributed by atoms with Gasteiger partial charge in [-0.15, -0.1) is 0 Å². The quantitative estimate of drug-likeness (QED) is 0.724. The molecule has 3 heteroatoms. The Balaban J connectivity index is 2.11. The van der Waals surface area contributed by atoms with E-state index in [1.54, 1.807) is 0 Å². The van der Waals surface area contributed by atoms with Crippen molar-refractivity contribution in [2.45, 2.75) is 56.6 Å². The summed E-state index contributed by atoms with van der Waals surface area (Å²) in [7, 11) is 0. The lowest BCUT2D eigenvalue weighted by Crippen LogP contribution is -2.64. The van der Waals surface area contributed by atoms with Gasteiger partial charge in [0.25, 0.3) is 0 Å². The minimum atomic E-state index is -0.593. The Bertz CT molecular complexity index is 228. The maximum absolute atomic E-state index is 10.7. The highest BCUT2D eigenvalue weighted by atomic mass is 32.2. The molecular formula is C12H23NOS. The molecule has 2 aliphatic rings. The number of hydrogen-bond acceptors (Lipinski definition) is 3. The zero-order valence-electron chi connectivity index (χ0n) is 9.67. The first-order valence-electron chi connectivity index (χ1n) is 6.15. The van der Waals surface area contributed by atoms with Gasteiger partial charge in [-0.2, -0.15) is 11.8 Å². The van der Waals surface area contributed by atoms with Crippen molar-refractivity contribution in [3.8, 4) is 0 Å². The van der Waals surface area contributed by atoms with E-state index >= 15 is 0 Å². The van der Waals surface area contributed by atoms with Crippen molar-refractivity contribution in [3.63, 3.8) is 0 Å². The molecule has 0 bridgehead atoms. The van der Waals surface area contributed by atoms with Crippen LogP contribution in [0.1, 0.15) is 45.4 Å². The Morgan fingerprint density at radius 2 is 2.13 bits per heavy atom. The van der Waals surface area contributed by atoms with E-state index in [1.165, 1.54) is 18.6 Å². The molecule has 15 heavy (non-hydrogen) atoms. The zero-order valence-corrected chi connectivity index (χ0v) is 10.5. The molecule has 1 saturated heterocycles. The van der Waals surface area contributed by atoms with E-state index in [2.05, 4.69) is 6.92 Å². The van der Waals surface area contributed by atoms with Crippen molar-refractivity contribution >= 4 is 11.8 Å². The van der Waals surface area contributed by atoms with E-state index in [1.807, 2.05) is 11.8 Å². The lowest BCUT2D eigenvalue weighted by Gasteiger charge is -2.50. The third kappa shape index (κ3) is 2.20. The molecule has 0 radical (unpaired) electrons. The van der Waals surface area contributed by atoms with Gasteiger partial charge in [-0.1, -0.05) is 19.8 Å². The van der Waals surface area contributed by atoms with Crippen molar-refractivity contribution < 1.29 is 5.11 Å². The average Bonchev–Trinajstić information content (AvgIpc) is 2.18. The van der Waals surface area contributed by atoms with Crippen LogP contribution in [0, 0.1) is 5.92 Å². The van der Waals surface area contributed by atoms with Crippen LogP contribution < -0.4 is 5.73 Å². The molecule has 3 unspecified atom stereocenters. The average molecular weight is 229 g/mol. The summed E-state index contributed by atoms with van der Waals surface area (Å²) in [6.45, 7) is 2.26.